The largest absolute Gasteiger partial charge is 0.295 e. The molecule has 1 aliphatic carbocycles. The molecular weight excluding hydrogens is 246 g/mol. The zero-order valence-electron chi connectivity index (χ0n) is 11.4. The van der Waals surface area contributed by atoms with Crippen molar-refractivity contribution in [2.45, 2.75) is 19.8 Å². The Morgan fingerprint density at radius 1 is 1.20 bits per heavy atom. The van der Waals surface area contributed by atoms with Gasteiger partial charge in [0, 0.05) is 5.39 Å². The van der Waals surface area contributed by atoms with Gasteiger partial charge in [-0.25, -0.2) is 4.98 Å². The first-order chi connectivity index (χ1) is 9.83. The van der Waals surface area contributed by atoms with Crippen LogP contribution in [0.1, 0.15) is 23.6 Å². The van der Waals surface area contributed by atoms with Crippen molar-refractivity contribution in [2.24, 2.45) is 0 Å². The highest BCUT2D eigenvalue weighted by Crippen LogP contribution is 2.25. The molecule has 0 saturated heterocycles. The first kappa shape index (κ1) is 11.4. The minimum Gasteiger partial charge on any atom is -0.295 e. The molecule has 0 amide bonds. The van der Waals surface area contributed by atoms with Crippen LogP contribution in [0.3, 0.4) is 0 Å². The van der Waals surface area contributed by atoms with Crippen molar-refractivity contribution < 1.29 is 0 Å². The molecular formula is C17H15N3. The number of allylic oxidation sites excluding steroid dienone is 1. The maximum atomic E-state index is 4.69. The molecule has 4 rings (SSSR count). The maximum Gasteiger partial charge on any atom is 0.110 e. The average Bonchev–Trinajstić information content (AvgIpc) is 2.82. The number of hydrogen-bond acceptors (Lipinski definition) is 2. The Morgan fingerprint density at radius 2 is 2.10 bits per heavy atom. The Bertz CT molecular complexity index is 827. The highest BCUT2D eigenvalue weighted by molar-refractivity contribution is 5.80. The van der Waals surface area contributed by atoms with Gasteiger partial charge in [0.05, 0.1) is 28.8 Å². The number of fused-ring (bicyclic) bond motifs is 2. The lowest BCUT2D eigenvalue weighted by Gasteiger charge is -2.11. The van der Waals surface area contributed by atoms with E-state index in [1.165, 1.54) is 11.4 Å². The van der Waals surface area contributed by atoms with E-state index in [0.717, 1.165) is 35.3 Å². The van der Waals surface area contributed by atoms with Crippen LogP contribution in [-0.4, -0.2) is 14.5 Å². The van der Waals surface area contributed by atoms with Crippen LogP contribution < -0.4 is 0 Å². The highest BCUT2D eigenvalue weighted by Gasteiger charge is 2.16. The van der Waals surface area contributed by atoms with E-state index in [0.29, 0.717) is 0 Å². The Kier molecular flexibility index (Phi) is 2.46. The Balaban J connectivity index is 1.95. The number of pyridine rings is 1. The van der Waals surface area contributed by atoms with Gasteiger partial charge in [-0.3, -0.25) is 9.55 Å². The van der Waals surface area contributed by atoms with Crippen LogP contribution in [0.5, 0.6) is 0 Å². The van der Waals surface area contributed by atoms with Gasteiger partial charge in [-0.1, -0.05) is 24.3 Å². The molecule has 1 aliphatic rings. The summed E-state index contributed by atoms with van der Waals surface area (Å²) in [5.41, 5.74) is 4.50. The van der Waals surface area contributed by atoms with E-state index < -0.39 is 0 Å². The van der Waals surface area contributed by atoms with E-state index in [1.54, 1.807) is 0 Å². The fourth-order valence-corrected chi connectivity index (χ4v) is 2.88. The molecule has 0 saturated carbocycles. The summed E-state index contributed by atoms with van der Waals surface area (Å²) >= 11 is 0. The molecule has 2 heterocycles. The van der Waals surface area contributed by atoms with Gasteiger partial charge in [0.1, 0.15) is 5.82 Å². The van der Waals surface area contributed by atoms with Gasteiger partial charge in [0.15, 0.2) is 0 Å². The van der Waals surface area contributed by atoms with Crippen molar-refractivity contribution in [3.05, 3.63) is 59.8 Å². The molecule has 0 atom stereocenters. The topological polar surface area (TPSA) is 30.7 Å². The molecule has 98 valence electrons. The Hall–Kier alpha value is -2.42. The van der Waals surface area contributed by atoms with E-state index >= 15 is 0 Å². The summed E-state index contributed by atoms with van der Waals surface area (Å²) in [6, 6.07) is 10.4. The Morgan fingerprint density at radius 3 is 3.05 bits per heavy atom. The molecule has 0 N–H and O–H groups in total. The van der Waals surface area contributed by atoms with Gasteiger partial charge >= 0.3 is 0 Å². The molecule has 3 nitrogen and oxygen atoms in total. The number of benzene rings is 1. The fraction of sp³-hybridized carbons (Fsp3) is 0.176. The predicted octanol–water partition coefficient (Wildman–Crippen LogP) is 3.69. The summed E-state index contributed by atoms with van der Waals surface area (Å²) in [4.78, 5) is 9.25. The van der Waals surface area contributed by atoms with Crippen molar-refractivity contribution >= 4 is 17.0 Å². The average molecular weight is 261 g/mol. The van der Waals surface area contributed by atoms with E-state index in [4.69, 9.17) is 4.98 Å². The minimum atomic E-state index is 1.03. The number of para-hydroxylation sites is 1. The second-order valence-corrected chi connectivity index (χ2v) is 5.15. The smallest absolute Gasteiger partial charge is 0.110 e. The summed E-state index contributed by atoms with van der Waals surface area (Å²) in [6.45, 7) is 2.06. The number of nitrogens with zero attached hydrogens (tertiary/aromatic N) is 3. The van der Waals surface area contributed by atoms with Crippen molar-refractivity contribution in [1.29, 1.82) is 0 Å². The lowest BCUT2D eigenvalue weighted by molar-refractivity contribution is 0.936. The monoisotopic (exact) mass is 261 g/mol. The summed E-state index contributed by atoms with van der Waals surface area (Å²) in [7, 11) is 0. The first-order valence-corrected chi connectivity index (χ1v) is 6.93. The first-order valence-electron chi connectivity index (χ1n) is 6.93. The summed E-state index contributed by atoms with van der Waals surface area (Å²) < 4.78 is 2.20. The number of imidazole rings is 1. The summed E-state index contributed by atoms with van der Waals surface area (Å²) in [5.74, 6) is 1.03. The van der Waals surface area contributed by atoms with Gasteiger partial charge in [-0.2, -0.15) is 0 Å². The van der Waals surface area contributed by atoms with E-state index in [2.05, 4.69) is 40.8 Å². The van der Waals surface area contributed by atoms with Crippen LogP contribution in [-0.2, 0) is 6.42 Å². The number of aromatic nitrogens is 3. The van der Waals surface area contributed by atoms with Crippen molar-refractivity contribution in [2.75, 3.05) is 0 Å². The van der Waals surface area contributed by atoms with Crippen LogP contribution >= 0.6 is 0 Å². The third kappa shape index (κ3) is 1.67. The molecule has 0 radical (unpaired) electrons. The summed E-state index contributed by atoms with van der Waals surface area (Å²) in [6.07, 6.45) is 8.43. The minimum absolute atomic E-state index is 1.03. The fourth-order valence-electron chi connectivity index (χ4n) is 2.88. The van der Waals surface area contributed by atoms with Crippen molar-refractivity contribution in [3.63, 3.8) is 0 Å². The van der Waals surface area contributed by atoms with Crippen molar-refractivity contribution in [3.8, 4) is 5.69 Å². The lowest BCUT2D eigenvalue weighted by Crippen LogP contribution is -2.02. The van der Waals surface area contributed by atoms with Gasteiger partial charge in [-0.15, -0.1) is 0 Å². The molecule has 0 fully saturated rings. The number of rotatable bonds is 1. The van der Waals surface area contributed by atoms with E-state index in [-0.39, 0.29) is 0 Å². The van der Waals surface area contributed by atoms with Gasteiger partial charge in [0.25, 0.3) is 0 Å². The zero-order chi connectivity index (χ0) is 13.5. The lowest BCUT2D eigenvalue weighted by atomic mass is 10.1. The van der Waals surface area contributed by atoms with Crippen LogP contribution in [0, 0.1) is 6.92 Å². The maximum absolute atomic E-state index is 4.69. The zero-order valence-corrected chi connectivity index (χ0v) is 11.4. The molecule has 0 aliphatic heterocycles. The number of hydrogen-bond donors (Lipinski definition) is 0. The standard InChI is InChI=1S/C17H15N3/c1-12-19-16-8-4-5-9-17(16)20(12)14-10-13-6-2-3-7-15(13)18-11-14/h2-3,5-7,9-11H,4,8H2,1H3. The third-order valence-corrected chi connectivity index (χ3v) is 3.81. The molecule has 0 unspecified atom stereocenters. The molecule has 0 spiro atoms. The molecule has 0 bridgehead atoms. The third-order valence-electron chi connectivity index (χ3n) is 3.81. The molecule has 3 aromatic rings. The second kappa shape index (κ2) is 4.30. The normalized spacial score (nSPS) is 13.7. The quantitative estimate of drug-likeness (QED) is 0.669. The van der Waals surface area contributed by atoms with Crippen molar-refractivity contribution in [1.82, 2.24) is 14.5 Å². The van der Waals surface area contributed by atoms with Crippen LogP contribution in [0.2, 0.25) is 0 Å². The van der Waals surface area contributed by atoms with Gasteiger partial charge in [-0.05, 0) is 38.0 Å². The summed E-state index contributed by atoms with van der Waals surface area (Å²) in [5, 5.41) is 1.16. The van der Waals surface area contributed by atoms with Gasteiger partial charge in [0.2, 0.25) is 0 Å². The van der Waals surface area contributed by atoms with Crippen LogP contribution in [0.4, 0.5) is 0 Å². The number of aryl methyl sites for hydroxylation is 2. The van der Waals surface area contributed by atoms with Crippen LogP contribution in [0.25, 0.3) is 22.7 Å². The molecule has 20 heavy (non-hydrogen) atoms. The highest BCUT2D eigenvalue weighted by atomic mass is 15.1. The van der Waals surface area contributed by atoms with E-state index in [1.807, 2.05) is 24.4 Å². The van der Waals surface area contributed by atoms with Gasteiger partial charge < -0.3 is 0 Å². The SMILES string of the molecule is Cc1nc2c(n1-c1cnc3ccccc3c1)C=CCC2. The Labute approximate surface area is 117 Å². The molecule has 2 aromatic heterocycles. The van der Waals surface area contributed by atoms with E-state index in [9.17, 15) is 0 Å². The predicted molar refractivity (Wildman–Crippen MR) is 81.0 cm³/mol. The molecule has 1 aromatic carbocycles. The van der Waals surface area contributed by atoms with Crippen LogP contribution in [0.15, 0.2) is 42.6 Å². The second-order valence-electron chi connectivity index (χ2n) is 5.15. The molecule has 3 heteroatoms.